The average molecular weight is 379 g/mol. The van der Waals surface area contributed by atoms with Gasteiger partial charge in [0.25, 0.3) is 5.91 Å². The van der Waals surface area contributed by atoms with Gasteiger partial charge in [-0.1, -0.05) is 11.6 Å². The Bertz CT molecular complexity index is 841. The third-order valence-corrected chi connectivity index (χ3v) is 5.76. The summed E-state index contributed by atoms with van der Waals surface area (Å²) in [5, 5.41) is 3.15. The number of fused-ring (bicyclic) bond motifs is 1. The highest BCUT2D eigenvalue weighted by molar-refractivity contribution is 8.01. The van der Waals surface area contributed by atoms with Gasteiger partial charge in [-0.2, -0.15) is 0 Å². The molecule has 1 aliphatic heterocycles. The van der Waals surface area contributed by atoms with Gasteiger partial charge in [0.2, 0.25) is 5.91 Å². The highest BCUT2D eigenvalue weighted by Crippen LogP contribution is 2.39. The molecule has 1 atom stereocenters. The summed E-state index contributed by atoms with van der Waals surface area (Å²) in [7, 11) is 1.73. The van der Waals surface area contributed by atoms with Crippen molar-refractivity contribution in [3.63, 3.8) is 0 Å². The second-order valence-corrected chi connectivity index (χ2v) is 7.73. The topological polar surface area (TPSA) is 49.4 Å². The molecule has 1 N–H and O–H groups in total. The van der Waals surface area contributed by atoms with E-state index in [-0.39, 0.29) is 17.1 Å². The number of nitrogens with zero attached hydrogens (tertiary/aromatic N) is 1. The molecule has 7 heteroatoms. The fraction of sp³-hybridized carbons (Fsp3) is 0.176. The molecule has 0 saturated carbocycles. The van der Waals surface area contributed by atoms with E-state index in [1.807, 2.05) is 13.0 Å². The first-order valence-electron chi connectivity index (χ1n) is 7.25. The van der Waals surface area contributed by atoms with Gasteiger partial charge in [-0.25, -0.2) is 0 Å². The third kappa shape index (κ3) is 3.27. The maximum atomic E-state index is 12.5. The van der Waals surface area contributed by atoms with Crippen LogP contribution in [0.25, 0.3) is 0 Å². The predicted molar refractivity (Wildman–Crippen MR) is 102 cm³/mol. The number of hydrogen-bond acceptors (Lipinski definition) is 4. The summed E-state index contributed by atoms with van der Waals surface area (Å²) in [5.74, 6) is -0.230. The van der Waals surface area contributed by atoms with Crippen LogP contribution < -0.4 is 10.2 Å². The molecule has 2 amide bonds. The highest BCUT2D eigenvalue weighted by Gasteiger charge is 2.28. The number of carbonyl (C=O) groups is 2. The van der Waals surface area contributed by atoms with Crippen molar-refractivity contribution in [2.75, 3.05) is 17.3 Å². The first-order valence-corrected chi connectivity index (χ1v) is 8.95. The quantitative estimate of drug-likeness (QED) is 0.764. The van der Waals surface area contributed by atoms with Crippen molar-refractivity contribution in [3.8, 4) is 0 Å². The van der Waals surface area contributed by atoms with Crippen molar-refractivity contribution in [3.05, 3.63) is 47.0 Å². The molecule has 0 saturated heterocycles. The van der Waals surface area contributed by atoms with Crippen molar-refractivity contribution >= 4 is 59.2 Å². The number of hydrogen-bond donors (Lipinski definition) is 2. The van der Waals surface area contributed by atoms with E-state index in [9.17, 15) is 9.59 Å². The number of rotatable bonds is 2. The van der Waals surface area contributed by atoms with E-state index in [0.29, 0.717) is 21.2 Å². The Morgan fingerprint density at radius 2 is 2.04 bits per heavy atom. The molecule has 2 aromatic rings. The molecule has 0 aromatic heterocycles. The Morgan fingerprint density at radius 3 is 2.75 bits per heavy atom. The van der Waals surface area contributed by atoms with Crippen LogP contribution in [0.3, 0.4) is 0 Å². The number of carbonyl (C=O) groups excluding carboxylic acids is 2. The lowest BCUT2D eigenvalue weighted by atomic mass is 10.1. The minimum absolute atomic E-state index is 0.0289. The van der Waals surface area contributed by atoms with Crippen LogP contribution in [0.1, 0.15) is 17.3 Å². The van der Waals surface area contributed by atoms with Crippen LogP contribution in [0.15, 0.2) is 46.2 Å². The van der Waals surface area contributed by atoms with Crippen molar-refractivity contribution in [2.24, 2.45) is 0 Å². The minimum atomic E-state index is -0.259. The molecule has 0 spiro atoms. The fourth-order valence-corrected chi connectivity index (χ4v) is 3.86. The number of thioether (sulfide) groups is 1. The van der Waals surface area contributed by atoms with E-state index in [1.54, 1.807) is 42.3 Å². The average Bonchev–Trinajstić information content (AvgIpc) is 2.56. The molecule has 0 aliphatic carbocycles. The van der Waals surface area contributed by atoms with Gasteiger partial charge >= 0.3 is 0 Å². The predicted octanol–water partition coefficient (Wildman–Crippen LogP) is 4.34. The first-order chi connectivity index (χ1) is 11.4. The first kappa shape index (κ1) is 17.2. The van der Waals surface area contributed by atoms with E-state index in [0.717, 1.165) is 10.6 Å². The number of benzene rings is 2. The van der Waals surface area contributed by atoms with Gasteiger partial charge in [0, 0.05) is 28.1 Å². The Kier molecular flexibility index (Phi) is 4.80. The van der Waals surface area contributed by atoms with E-state index in [2.05, 4.69) is 17.9 Å². The second kappa shape index (κ2) is 6.70. The lowest BCUT2D eigenvalue weighted by molar-refractivity contribution is -0.117. The maximum absolute atomic E-state index is 12.5. The summed E-state index contributed by atoms with van der Waals surface area (Å²) in [6, 6.07) is 10.5. The summed E-state index contributed by atoms with van der Waals surface area (Å²) in [5.41, 5.74) is 1.82. The Hall–Kier alpha value is -1.63. The summed E-state index contributed by atoms with van der Waals surface area (Å²) in [6.07, 6.45) is 0. The Morgan fingerprint density at radius 1 is 1.29 bits per heavy atom. The van der Waals surface area contributed by atoms with Gasteiger partial charge in [-0.3, -0.25) is 9.59 Å². The summed E-state index contributed by atoms with van der Waals surface area (Å²) in [4.78, 5) is 27.8. The molecule has 0 fully saturated rings. The molecule has 1 aliphatic rings. The molecular formula is C17H15ClN2O2S2. The van der Waals surface area contributed by atoms with Crippen LogP contribution in [0.2, 0.25) is 5.02 Å². The van der Waals surface area contributed by atoms with Gasteiger partial charge in [0.1, 0.15) is 0 Å². The molecular weight excluding hydrogens is 364 g/mol. The third-order valence-electron chi connectivity index (χ3n) is 3.77. The zero-order valence-corrected chi connectivity index (χ0v) is 15.5. The maximum Gasteiger partial charge on any atom is 0.255 e. The van der Waals surface area contributed by atoms with E-state index in [1.165, 1.54) is 11.8 Å². The van der Waals surface area contributed by atoms with Crippen molar-refractivity contribution < 1.29 is 9.59 Å². The van der Waals surface area contributed by atoms with Crippen LogP contribution in [0.5, 0.6) is 0 Å². The molecule has 1 unspecified atom stereocenters. The van der Waals surface area contributed by atoms with E-state index < -0.39 is 0 Å². The van der Waals surface area contributed by atoms with Crippen LogP contribution in [0.4, 0.5) is 11.4 Å². The molecule has 124 valence electrons. The van der Waals surface area contributed by atoms with Crippen LogP contribution in [0, 0.1) is 0 Å². The number of anilines is 2. The van der Waals surface area contributed by atoms with Gasteiger partial charge in [0.05, 0.1) is 16.0 Å². The van der Waals surface area contributed by atoms with Crippen molar-refractivity contribution in [1.82, 2.24) is 0 Å². The molecule has 0 radical (unpaired) electrons. The highest BCUT2D eigenvalue weighted by atomic mass is 35.5. The van der Waals surface area contributed by atoms with Crippen molar-refractivity contribution in [1.29, 1.82) is 0 Å². The standard InChI is InChI=1S/C17H15ClN2O2S2/c1-9-17(22)20(2)13-7-10(3-6-15(13)24-9)16(21)19-11-4-5-14(23)12(18)8-11/h3-9,23H,1-2H3,(H,19,21). The number of amides is 2. The zero-order chi connectivity index (χ0) is 17.4. The summed E-state index contributed by atoms with van der Waals surface area (Å²) in [6.45, 7) is 1.88. The number of thiol groups is 1. The van der Waals surface area contributed by atoms with Gasteiger partial charge in [-0.15, -0.1) is 24.4 Å². The molecule has 1 heterocycles. The van der Waals surface area contributed by atoms with E-state index >= 15 is 0 Å². The second-order valence-electron chi connectivity index (χ2n) is 5.46. The van der Waals surface area contributed by atoms with Crippen LogP contribution >= 0.6 is 36.0 Å². The molecule has 24 heavy (non-hydrogen) atoms. The number of nitrogens with one attached hydrogen (secondary N) is 1. The fourth-order valence-electron chi connectivity index (χ4n) is 2.44. The normalized spacial score (nSPS) is 16.8. The lowest BCUT2D eigenvalue weighted by Crippen LogP contribution is -2.36. The van der Waals surface area contributed by atoms with Crippen molar-refractivity contribution in [2.45, 2.75) is 22.0 Å². The summed E-state index contributed by atoms with van der Waals surface area (Å²) < 4.78 is 0. The molecule has 4 nitrogen and oxygen atoms in total. The van der Waals surface area contributed by atoms with Crippen LogP contribution in [-0.4, -0.2) is 24.1 Å². The zero-order valence-electron chi connectivity index (χ0n) is 13.0. The van der Waals surface area contributed by atoms with Gasteiger partial charge < -0.3 is 10.2 Å². The Labute approximate surface area is 155 Å². The lowest BCUT2D eigenvalue weighted by Gasteiger charge is -2.29. The number of halogens is 1. The minimum Gasteiger partial charge on any atom is -0.322 e. The van der Waals surface area contributed by atoms with Gasteiger partial charge in [0.15, 0.2) is 0 Å². The Balaban J connectivity index is 1.86. The van der Waals surface area contributed by atoms with Gasteiger partial charge in [-0.05, 0) is 43.3 Å². The molecule has 0 bridgehead atoms. The summed E-state index contributed by atoms with van der Waals surface area (Å²) >= 11 is 11.7. The largest absolute Gasteiger partial charge is 0.322 e. The molecule has 2 aromatic carbocycles. The van der Waals surface area contributed by atoms with Crippen LogP contribution in [-0.2, 0) is 4.79 Å². The smallest absolute Gasteiger partial charge is 0.255 e. The SMILES string of the molecule is CC1Sc2ccc(C(=O)Nc3ccc(S)c(Cl)c3)cc2N(C)C1=O. The van der Waals surface area contributed by atoms with E-state index in [4.69, 9.17) is 11.6 Å². The molecule has 3 rings (SSSR count). The monoisotopic (exact) mass is 378 g/mol.